The molecule has 3 aromatic rings. The maximum atomic E-state index is 13.7. The molecule has 3 aromatic carbocycles. The molecule has 0 aromatic heterocycles. The van der Waals surface area contributed by atoms with E-state index in [0.717, 1.165) is 55.2 Å². The molecule has 1 amide bonds. The first-order valence-electron chi connectivity index (χ1n) is 14.3. The minimum Gasteiger partial charge on any atom is -0.474 e. The van der Waals surface area contributed by atoms with Crippen molar-refractivity contribution in [3.05, 3.63) is 90.0 Å². The smallest absolute Gasteiger partial charge is 0.272 e. The molecule has 200 valence electrons. The van der Waals surface area contributed by atoms with Crippen molar-refractivity contribution >= 4 is 17.3 Å². The van der Waals surface area contributed by atoms with Gasteiger partial charge in [0, 0.05) is 36.4 Å². The van der Waals surface area contributed by atoms with Crippen molar-refractivity contribution in [1.29, 1.82) is 0 Å². The van der Waals surface area contributed by atoms with E-state index in [1.54, 1.807) is 0 Å². The summed E-state index contributed by atoms with van der Waals surface area (Å²) in [4.78, 5) is 18.3. The molecule has 2 aliphatic heterocycles. The SMILES string of the molecule is CC1CCCC(C)N1CCCCCN1C(=O)C(c2ccc(NCc3ccccc3)cc2)Oc2ccccc21. The number of rotatable bonds is 10. The highest BCUT2D eigenvalue weighted by Crippen LogP contribution is 2.39. The van der Waals surface area contributed by atoms with E-state index in [9.17, 15) is 4.79 Å². The van der Waals surface area contributed by atoms with Crippen molar-refractivity contribution in [2.75, 3.05) is 23.3 Å². The van der Waals surface area contributed by atoms with Crippen LogP contribution in [0.1, 0.15) is 69.6 Å². The average Bonchev–Trinajstić information content (AvgIpc) is 2.95. The molecule has 0 radical (unpaired) electrons. The fourth-order valence-electron chi connectivity index (χ4n) is 5.89. The number of amides is 1. The Morgan fingerprint density at radius 1 is 0.816 bits per heavy atom. The van der Waals surface area contributed by atoms with E-state index in [2.05, 4.69) is 36.2 Å². The number of hydrogen-bond acceptors (Lipinski definition) is 4. The van der Waals surface area contributed by atoms with Crippen molar-refractivity contribution in [2.24, 2.45) is 0 Å². The lowest BCUT2D eigenvalue weighted by Crippen LogP contribution is -2.44. The number of anilines is 2. The molecule has 0 aliphatic carbocycles. The third-order valence-electron chi connectivity index (χ3n) is 8.12. The molecule has 2 heterocycles. The first-order chi connectivity index (χ1) is 18.6. The fraction of sp³-hybridized carbons (Fsp3) is 0.424. The monoisotopic (exact) mass is 511 g/mol. The average molecular weight is 512 g/mol. The lowest BCUT2D eigenvalue weighted by molar-refractivity contribution is -0.126. The van der Waals surface area contributed by atoms with Crippen LogP contribution in [0.15, 0.2) is 78.9 Å². The Morgan fingerprint density at radius 3 is 2.26 bits per heavy atom. The highest BCUT2D eigenvalue weighted by Gasteiger charge is 2.35. The number of nitrogens with zero attached hydrogens (tertiary/aromatic N) is 2. The van der Waals surface area contributed by atoms with Crippen LogP contribution in [0, 0.1) is 0 Å². The van der Waals surface area contributed by atoms with Gasteiger partial charge in [0.1, 0.15) is 5.75 Å². The molecule has 0 bridgehead atoms. The van der Waals surface area contributed by atoms with Crippen LogP contribution < -0.4 is 15.0 Å². The summed E-state index contributed by atoms with van der Waals surface area (Å²) in [5, 5.41) is 3.46. The summed E-state index contributed by atoms with van der Waals surface area (Å²) < 4.78 is 6.24. The zero-order valence-corrected chi connectivity index (χ0v) is 22.8. The predicted molar refractivity (Wildman–Crippen MR) is 156 cm³/mol. The largest absolute Gasteiger partial charge is 0.474 e. The van der Waals surface area contributed by atoms with Crippen LogP contribution in [-0.4, -0.2) is 36.0 Å². The number of ether oxygens (including phenoxy) is 1. The van der Waals surface area contributed by atoms with Crippen molar-refractivity contribution in [3.8, 4) is 5.75 Å². The van der Waals surface area contributed by atoms with Crippen LogP contribution in [0.4, 0.5) is 11.4 Å². The Hall–Kier alpha value is -3.31. The number of fused-ring (bicyclic) bond motifs is 1. The van der Waals surface area contributed by atoms with Gasteiger partial charge in [-0.1, -0.05) is 67.4 Å². The zero-order valence-electron chi connectivity index (χ0n) is 22.8. The number of benzene rings is 3. The van der Waals surface area contributed by atoms with Crippen LogP contribution in [0.5, 0.6) is 5.75 Å². The molecule has 0 spiro atoms. The zero-order chi connectivity index (χ0) is 26.3. The molecule has 3 unspecified atom stereocenters. The highest BCUT2D eigenvalue weighted by atomic mass is 16.5. The number of carbonyl (C=O) groups is 1. The van der Waals surface area contributed by atoms with E-state index in [-0.39, 0.29) is 5.91 Å². The summed E-state index contributed by atoms with van der Waals surface area (Å²) >= 11 is 0. The number of carbonyl (C=O) groups excluding carboxylic acids is 1. The standard InChI is InChI=1S/C33H41N3O2/c1-25-12-11-13-26(2)35(25)22-9-4-10-23-36-30-16-7-8-17-31(30)38-32(33(36)37)28-18-20-29(21-19-28)34-24-27-14-5-3-6-15-27/h3,5-8,14-21,25-26,32,34H,4,9-13,22-24H2,1-2H3. The number of unbranched alkanes of at least 4 members (excludes halogenated alkanes) is 2. The highest BCUT2D eigenvalue weighted by molar-refractivity contribution is 6.00. The van der Waals surface area contributed by atoms with Gasteiger partial charge >= 0.3 is 0 Å². The molecule has 1 fully saturated rings. The quantitative estimate of drug-likeness (QED) is 0.292. The third-order valence-corrected chi connectivity index (χ3v) is 8.12. The molecule has 3 atom stereocenters. The summed E-state index contributed by atoms with van der Waals surface area (Å²) in [5.41, 5.74) is 4.02. The number of hydrogen-bond donors (Lipinski definition) is 1. The summed E-state index contributed by atoms with van der Waals surface area (Å²) in [7, 11) is 0. The Labute approximate surface area is 227 Å². The van der Waals surface area contributed by atoms with Crippen LogP contribution in [0.3, 0.4) is 0 Å². The topological polar surface area (TPSA) is 44.8 Å². The molecular formula is C33H41N3O2. The molecule has 5 heteroatoms. The van der Waals surface area contributed by atoms with Gasteiger partial charge in [0.15, 0.2) is 0 Å². The number of likely N-dealkylation sites (tertiary alicyclic amines) is 1. The number of nitrogens with one attached hydrogen (secondary N) is 1. The van der Waals surface area contributed by atoms with Crippen molar-refractivity contribution in [2.45, 2.75) is 77.1 Å². The molecule has 38 heavy (non-hydrogen) atoms. The second-order valence-electron chi connectivity index (χ2n) is 10.8. The Morgan fingerprint density at radius 2 is 1.50 bits per heavy atom. The molecular weight excluding hydrogens is 470 g/mol. The van der Waals surface area contributed by atoms with Crippen molar-refractivity contribution in [1.82, 2.24) is 4.90 Å². The van der Waals surface area contributed by atoms with Crippen LogP contribution in [0.2, 0.25) is 0 Å². The fourth-order valence-corrected chi connectivity index (χ4v) is 5.89. The molecule has 1 N–H and O–H groups in total. The Kier molecular flexibility index (Phi) is 8.65. The van der Waals surface area contributed by atoms with E-state index in [1.807, 2.05) is 71.6 Å². The summed E-state index contributed by atoms with van der Waals surface area (Å²) in [6.07, 6.45) is 6.65. The normalized spacial score (nSPS) is 21.6. The molecule has 0 saturated carbocycles. The number of piperidine rings is 1. The maximum Gasteiger partial charge on any atom is 0.272 e. The molecule has 5 rings (SSSR count). The summed E-state index contributed by atoms with van der Waals surface area (Å²) in [6.45, 7) is 7.37. The van der Waals surface area contributed by atoms with Gasteiger partial charge in [0.05, 0.1) is 5.69 Å². The van der Waals surface area contributed by atoms with Gasteiger partial charge in [0.25, 0.3) is 5.91 Å². The molecule has 5 nitrogen and oxygen atoms in total. The molecule has 2 aliphatic rings. The molecule has 1 saturated heterocycles. The van der Waals surface area contributed by atoms with E-state index in [0.29, 0.717) is 12.1 Å². The number of para-hydroxylation sites is 2. The van der Waals surface area contributed by atoms with E-state index in [4.69, 9.17) is 4.74 Å². The second kappa shape index (κ2) is 12.5. The summed E-state index contributed by atoms with van der Waals surface area (Å²) in [6, 6.07) is 27.7. The van der Waals surface area contributed by atoms with Gasteiger partial charge in [-0.25, -0.2) is 0 Å². The lowest BCUT2D eigenvalue weighted by atomic mass is 9.97. The van der Waals surface area contributed by atoms with Crippen LogP contribution in [0.25, 0.3) is 0 Å². The predicted octanol–water partition coefficient (Wildman–Crippen LogP) is 7.20. The van der Waals surface area contributed by atoms with Crippen LogP contribution in [-0.2, 0) is 11.3 Å². The van der Waals surface area contributed by atoms with Gasteiger partial charge in [-0.3, -0.25) is 9.69 Å². The first-order valence-corrected chi connectivity index (χ1v) is 14.3. The second-order valence-corrected chi connectivity index (χ2v) is 10.8. The van der Waals surface area contributed by atoms with Gasteiger partial charge in [0.2, 0.25) is 6.10 Å². The van der Waals surface area contributed by atoms with E-state index < -0.39 is 6.10 Å². The third kappa shape index (κ3) is 6.21. The first kappa shape index (κ1) is 26.3. The minimum absolute atomic E-state index is 0.0203. The van der Waals surface area contributed by atoms with Crippen molar-refractivity contribution in [3.63, 3.8) is 0 Å². The Balaban J connectivity index is 1.19. The van der Waals surface area contributed by atoms with Crippen LogP contribution >= 0.6 is 0 Å². The van der Waals surface area contributed by atoms with Gasteiger partial charge in [-0.2, -0.15) is 0 Å². The van der Waals surface area contributed by atoms with E-state index in [1.165, 1.54) is 31.2 Å². The summed E-state index contributed by atoms with van der Waals surface area (Å²) in [5.74, 6) is 0.798. The van der Waals surface area contributed by atoms with Gasteiger partial charge in [-0.05, 0) is 75.9 Å². The minimum atomic E-state index is -0.622. The maximum absolute atomic E-state index is 13.7. The van der Waals surface area contributed by atoms with Gasteiger partial charge in [-0.15, -0.1) is 0 Å². The van der Waals surface area contributed by atoms with Gasteiger partial charge < -0.3 is 15.0 Å². The lowest BCUT2D eigenvalue weighted by Gasteiger charge is -2.39. The van der Waals surface area contributed by atoms with Crippen molar-refractivity contribution < 1.29 is 9.53 Å². The van der Waals surface area contributed by atoms with E-state index >= 15 is 0 Å². The Bertz CT molecular complexity index is 1170.